The minimum absolute atomic E-state index is 0.228. The molecule has 1 aliphatic rings. The van der Waals surface area contributed by atoms with E-state index in [0.29, 0.717) is 10.7 Å². The number of thiocarbonyl (C=S) groups is 1. The molecule has 2 heterocycles. The molecule has 1 aliphatic heterocycles. The number of unbranched alkanes of at least 4 members (excludes halogenated alkanes) is 1. The maximum absolute atomic E-state index is 12.2. The van der Waals surface area contributed by atoms with Crippen LogP contribution in [0.1, 0.15) is 38.3 Å². The normalized spacial score (nSPS) is 18.7. The van der Waals surface area contributed by atoms with Gasteiger partial charge in [-0.05, 0) is 48.0 Å². The van der Waals surface area contributed by atoms with Crippen LogP contribution in [0.3, 0.4) is 0 Å². The lowest BCUT2D eigenvalue weighted by Gasteiger charge is -2.37. The standard InChI is InChI=1S/C15H20N2O2S2/c1-4-5-7-17-10(2)12(14(18)19-3)13(16-15(17)20)11-6-8-21-9-11/h6,8-9,13H,4-5,7H2,1-3H3,(H,16,20). The summed E-state index contributed by atoms with van der Waals surface area (Å²) in [7, 11) is 1.41. The highest BCUT2D eigenvalue weighted by Crippen LogP contribution is 2.32. The first-order valence-electron chi connectivity index (χ1n) is 6.99. The van der Waals surface area contributed by atoms with Crippen molar-refractivity contribution in [2.45, 2.75) is 32.7 Å². The largest absolute Gasteiger partial charge is 0.466 e. The molecule has 6 heteroatoms. The SMILES string of the molecule is CCCCN1C(=S)NC(c2ccsc2)C(C(=O)OC)=C1C. The number of ether oxygens (including phenoxy) is 1. The second-order valence-electron chi connectivity index (χ2n) is 4.94. The summed E-state index contributed by atoms with van der Waals surface area (Å²) in [6.07, 6.45) is 2.10. The third kappa shape index (κ3) is 3.27. The van der Waals surface area contributed by atoms with E-state index in [-0.39, 0.29) is 12.0 Å². The fraction of sp³-hybridized carbons (Fsp3) is 0.467. The van der Waals surface area contributed by atoms with Crippen molar-refractivity contribution in [1.29, 1.82) is 0 Å². The number of rotatable bonds is 5. The summed E-state index contributed by atoms with van der Waals surface area (Å²) >= 11 is 7.08. The van der Waals surface area contributed by atoms with Gasteiger partial charge in [-0.15, -0.1) is 0 Å². The molecule has 21 heavy (non-hydrogen) atoms. The number of nitrogens with zero attached hydrogens (tertiary/aromatic N) is 1. The summed E-state index contributed by atoms with van der Waals surface area (Å²) in [6, 6.07) is 1.78. The number of hydrogen-bond acceptors (Lipinski definition) is 4. The van der Waals surface area contributed by atoms with E-state index in [1.54, 1.807) is 11.3 Å². The predicted molar refractivity (Wildman–Crippen MR) is 89.1 cm³/mol. The van der Waals surface area contributed by atoms with Gasteiger partial charge in [-0.2, -0.15) is 11.3 Å². The first kappa shape index (κ1) is 16.0. The number of allylic oxidation sites excluding steroid dienone is 1. The quantitative estimate of drug-likeness (QED) is 0.665. The molecule has 1 atom stereocenters. The Morgan fingerprint density at radius 1 is 1.57 bits per heavy atom. The Balaban J connectivity index is 2.42. The van der Waals surface area contributed by atoms with Crippen molar-refractivity contribution >= 4 is 34.6 Å². The predicted octanol–water partition coefficient (Wildman–Crippen LogP) is 3.23. The molecule has 1 aromatic heterocycles. The highest BCUT2D eigenvalue weighted by atomic mass is 32.1. The molecule has 0 bridgehead atoms. The van der Waals surface area contributed by atoms with Gasteiger partial charge in [0.1, 0.15) is 0 Å². The highest BCUT2D eigenvalue weighted by molar-refractivity contribution is 7.80. The molecule has 0 aromatic carbocycles. The number of hydrogen-bond donors (Lipinski definition) is 1. The van der Waals surface area contributed by atoms with Crippen LogP contribution in [0.2, 0.25) is 0 Å². The van der Waals surface area contributed by atoms with E-state index >= 15 is 0 Å². The summed E-state index contributed by atoms with van der Waals surface area (Å²) in [6.45, 7) is 4.88. The van der Waals surface area contributed by atoms with E-state index in [9.17, 15) is 4.79 Å². The van der Waals surface area contributed by atoms with Crippen LogP contribution in [-0.2, 0) is 9.53 Å². The molecule has 0 amide bonds. The van der Waals surface area contributed by atoms with Crippen LogP contribution in [0.15, 0.2) is 28.1 Å². The van der Waals surface area contributed by atoms with Gasteiger partial charge in [-0.3, -0.25) is 0 Å². The fourth-order valence-corrected chi connectivity index (χ4v) is 3.46. The number of esters is 1. The summed E-state index contributed by atoms with van der Waals surface area (Å²) in [4.78, 5) is 14.2. The first-order valence-corrected chi connectivity index (χ1v) is 8.34. The van der Waals surface area contributed by atoms with E-state index in [4.69, 9.17) is 17.0 Å². The first-order chi connectivity index (χ1) is 10.1. The van der Waals surface area contributed by atoms with Gasteiger partial charge >= 0.3 is 5.97 Å². The molecule has 0 saturated carbocycles. The molecule has 0 fully saturated rings. The van der Waals surface area contributed by atoms with Gasteiger partial charge in [-0.1, -0.05) is 13.3 Å². The Bertz CT molecular complexity index is 552. The van der Waals surface area contributed by atoms with Gasteiger partial charge in [0, 0.05) is 12.2 Å². The van der Waals surface area contributed by atoms with E-state index < -0.39 is 0 Å². The van der Waals surface area contributed by atoms with E-state index in [0.717, 1.165) is 30.6 Å². The Hall–Kier alpha value is -1.40. The van der Waals surface area contributed by atoms with Crippen LogP contribution in [0.5, 0.6) is 0 Å². The number of carbonyl (C=O) groups excluding carboxylic acids is 1. The molecule has 114 valence electrons. The Morgan fingerprint density at radius 2 is 2.33 bits per heavy atom. The molecule has 0 spiro atoms. The van der Waals surface area contributed by atoms with E-state index in [1.807, 2.05) is 28.7 Å². The second-order valence-corrected chi connectivity index (χ2v) is 6.10. The van der Waals surface area contributed by atoms with Crippen LogP contribution in [-0.4, -0.2) is 29.6 Å². The fourth-order valence-electron chi connectivity index (χ4n) is 2.43. The zero-order valence-electron chi connectivity index (χ0n) is 12.5. The second kappa shape index (κ2) is 7.04. The van der Waals surface area contributed by atoms with Crippen molar-refractivity contribution in [2.24, 2.45) is 0 Å². The summed E-state index contributed by atoms with van der Waals surface area (Å²) < 4.78 is 4.97. The number of thiophene rings is 1. The Kier molecular flexibility index (Phi) is 5.36. The topological polar surface area (TPSA) is 41.6 Å². The molecule has 0 saturated heterocycles. The lowest BCUT2D eigenvalue weighted by atomic mass is 9.97. The zero-order chi connectivity index (χ0) is 15.4. The van der Waals surface area contributed by atoms with Crippen LogP contribution in [0, 0.1) is 0 Å². The third-order valence-corrected chi connectivity index (χ3v) is 4.65. The number of carbonyl (C=O) groups is 1. The summed E-state index contributed by atoms with van der Waals surface area (Å²) in [5, 5.41) is 7.97. The number of methoxy groups -OCH3 is 1. The van der Waals surface area contributed by atoms with Gasteiger partial charge in [0.25, 0.3) is 0 Å². The van der Waals surface area contributed by atoms with Crippen LogP contribution < -0.4 is 5.32 Å². The van der Waals surface area contributed by atoms with Gasteiger partial charge in [0.2, 0.25) is 0 Å². The van der Waals surface area contributed by atoms with Crippen molar-refractivity contribution < 1.29 is 9.53 Å². The maximum Gasteiger partial charge on any atom is 0.337 e. The van der Waals surface area contributed by atoms with E-state index in [2.05, 4.69) is 12.2 Å². The third-order valence-electron chi connectivity index (χ3n) is 3.61. The molecule has 4 nitrogen and oxygen atoms in total. The zero-order valence-corrected chi connectivity index (χ0v) is 14.1. The number of nitrogens with one attached hydrogen (secondary N) is 1. The molecule has 1 unspecified atom stereocenters. The molecule has 1 aromatic rings. The van der Waals surface area contributed by atoms with Gasteiger partial charge in [0.15, 0.2) is 5.11 Å². The van der Waals surface area contributed by atoms with Crippen molar-refractivity contribution in [3.8, 4) is 0 Å². The molecular weight excluding hydrogens is 304 g/mol. The maximum atomic E-state index is 12.2. The molecule has 2 rings (SSSR count). The van der Waals surface area contributed by atoms with Crippen molar-refractivity contribution in [3.05, 3.63) is 33.7 Å². The monoisotopic (exact) mass is 324 g/mol. The Labute approximate surface area is 134 Å². The summed E-state index contributed by atoms with van der Waals surface area (Å²) in [5.74, 6) is -0.305. The molecular formula is C15H20N2O2S2. The van der Waals surface area contributed by atoms with Crippen LogP contribution in [0.4, 0.5) is 0 Å². The average molecular weight is 324 g/mol. The lowest BCUT2D eigenvalue weighted by molar-refractivity contribution is -0.136. The van der Waals surface area contributed by atoms with E-state index in [1.165, 1.54) is 7.11 Å². The highest BCUT2D eigenvalue weighted by Gasteiger charge is 2.34. The molecule has 0 aliphatic carbocycles. The van der Waals surface area contributed by atoms with Crippen LogP contribution >= 0.6 is 23.6 Å². The lowest BCUT2D eigenvalue weighted by Crippen LogP contribution is -2.48. The minimum Gasteiger partial charge on any atom is -0.466 e. The Morgan fingerprint density at radius 3 is 2.90 bits per heavy atom. The summed E-state index contributed by atoms with van der Waals surface area (Å²) in [5.41, 5.74) is 2.56. The van der Waals surface area contributed by atoms with Crippen LogP contribution in [0.25, 0.3) is 0 Å². The smallest absolute Gasteiger partial charge is 0.337 e. The van der Waals surface area contributed by atoms with Crippen molar-refractivity contribution in [2.75, 3.05) is 13.7 Å². The van der Waals surface area contributed by atoms with Gasteiger partial charge < -0.3 is 15.0 Å². The molecule has 0 radical (unpaired) electrons. The van der Waals surface area contributed by atoms with Gasteiger partial charge in [0.05, 0.1) is 18.7 Å². The van der Waals surface area contributed by atoms with Crippen molar-refractivity contribution in [3.63, 3.8) is 0 Å². The average Bonchev–Trinajstić information content (AvgIpc) is 3.00. The minimum atomic E-state index is -0.305. The van der Waals surface area contributed by atoms with Gasteiger partial charge in [-0.25, -0.2) is 4.79 Å². The molecule has 1 N–H and O–H groups in total. The van der Waals surface area contributed by atoms with Crippen molar-refractivity contribution in [1.82, 2.24) is 10.2 Å².